The van der Waals surface area contributed by atoms with Gasteiger partial charge in [-0.05, 0) is 62.7 Å². The average Bonchev–Trinajstić information content (AvgIpc) is 3.11. The molecule has 5 heteroatoms. The van der Waals surface area contributed by atoms with Crippen LogP contribution in [0.25, 0.3) is 22.6 Å². The second-order valence-electron chi connectivity index (χ2n) is 6.87. The molecule has 1 heterocycles. The van der Waals surface area contributed by atoms with E-state index in [-0.39, 0.29) is 5.75 Å². The number of phenols is 1. The normalized spacial score (nSPS) is 11.4. The van der Waals surface area contributed by atoms with Crippen molar-refractivity contribution in [1.29, 1.82) is 0 Å². The summed E-state index contributed by atoms with van der Waals surface area (Å²) in [5.74, 6) is 1.12. The predicted octanol–water partition coefficient (Wildman–Crippen LogP) is 5.97. The van der Waals surface area contributed by atoms with Gasteiger partial charge in [-0.25, -0.2) is 4.98 Å². The maximum Gasteiger partial charge on any atom is 0.227 e. The average molecular weight is 386 g/mol. The largest absolute Gasteiger partial charge is 0.504 e. The van der Waals surface area contributed by atoms with E-state index < -0.39 is 0 Å². The van der Waals surface area contributed by atoms with Gasteiger partial charge in [0.05, 0.1) is 12.3 Å². The molecule has 1 aromatic heterocycles. The van der Waals surface area contributed by atoms with Crippen LogP contribution in [0.1, 0.15) is 23.6 Å². The summed E-state index contributed by atoms with van der Waals surface area (Å²) < 4.78 is 11.3. The zero-order chi connectivity index (χ0) is 20.4. The molecule has 1 N–H and O–H groups in total. The van der Waals surface area contributed by atoms with Gasteiger partial charge in [0.15, 0.2) is 17.1 Å². The number of oxazole rings is 1. The molecule has 0 unspecified atom stereocenters. The van der Waals surface area contributed by atoms with Crippen LogP contribution >= 0.6 is 0 Å². The van der Waals surface area contributed by atoms with Crippen molar-refractivity contribution in [2.24, 2.45) is 4.99 Å². The lowest BCUT2D eigenvalue weighted by molar-refractivity contribution is 0.318. The predicted molar refractivity (Wildman–Crippen MR) is 115 cm³/mol. The molecule has 29 heavy (non-hydrogen) atoms. The summed E-state index contributed by atoms with van der Waals surface area (Å²) in [6, 6.07) is 17.1. The van der Waals surface area contributed by atoms with Crippen molar-refractivity contribution in [3.8, 4) is 23.0 Å². The number of hydrogen-bond donors (Lipinski definition) is 1. The Morgan fingerprint density at radius 1 is 1.10 bits per heavy atom. The van der Waals surface area contributed by atoms with Gasteiger partial charge in [-0.1, -0.05) is 23.8 Å². The first-order valence-corrected chi connectivity index (χ1v) is 9.52. The van der Waals surface area contributed by atoms with Crippen LogP contribution in [0.4, 0.5) is 5.69 Å². The summed E-state index contributed by atoms with van der Waals surface area (Å²) in [6.45, 7) is 6.48. The quantitative estimate of drug-likeness (QED) is 0.429. The number of benzene rings is 3. The van der Waals surface area contributed by atoms with Gasteiger partial charge < -0.3 is 14.3 Å². The van der Waals surface area contributed by atoms with E-state index in [9.17, 15) is 5.11 Å². The van der Waals surface area contributed by atoms with E-state index in [4.69, 9.17) is 9.15 Å². The number of nitrogens with zero attached hydrogens (tertiary/aromatic N) is 2. The number of ether oxygens (including phenoxy) is 1. The molecule has 5 nitrogen and oxygen atoms in total. The first-order chi connectivity index (χ1) is 14.0. The highest BCUT2D eigenvalue weighted by Gasteiger charge is 2.11. The second-order valence-corrected chi connectivity index (χ2v) is 6.87. The maximum atomic E-state index is 10.3. The number of aromatic nitrogens is 1. The van der Waals surface area contributed by atoms with Gasteiger partial charge in [-0.15, -0.1) is 0 Å². The van der Waals surface area contributed by atoms with Gasteiger partial charge in [0.2, 0.25) is 5.89 Å². The molecule has 0 saturated heterocycles. The van der Waals surface area contributed by atoms with Crippen molar-refractivity contribution < 1.29 is 14.3 Å². The molecule has 0 fully saturated rings. The highest BCUT2D eigenvalue weighted by molar-refractivity contribution is 5.88. The highest BCUT2D eigenvalue weighted by atomic mass is 16.5. The third-order valence-electron chi connectivity index (χ3n) is 4.67. The van der Waals surface area contributed by atoms with Crippen molar-refractivity contribution in [2.75, 3.05) is 6.61 Å². The molecule has 0 spiro atoms. The standard InChI is InChI=1S/C24H22N2O3/c1-4-28-22-7-5-6-17(23(22)27)14-25-18-9-11-21-20(13-18)26-24(29-21)19-10-8-15(2)12-16(19)3/h5-14,27H,4H2,1-3H3. The van der Waals surface area contributed by atoms with E-state index in [0.717, 1.165) is 22.3 Å². The van der Waals surface area contributed by atoms with E-state index in [1.807, 2.05) is 37.3 Å². The third-order valence-corrected chi connectivity index (χ3v) is 4.67. The molecule has 0 atom stereocenters. The van der Waals surface area contributed by atoms with E-state index in [2.05, 4.69) is 36.0 Å². The Bertz CT molecular complexity index is 1210. The zero-order valence-corrected chi connectivity index (χ0v) is 16.6. The fraction of sp³-hybridized carbons (Fsp3) is 0.167. The lowest BCUT2D eigenvalue weighted by Crippen LogP contribution is -1.93. The smallest absolute Gasteiger partial charge is 0.227 e. The van der Waals surface area contributed by atoms with Crippen molar-refractivity contribution in [1.82, 2.24) is 4.98 Å². The molecule has 0 aliphatic heterocycles. The molecule has 146 valence electrons. The molecule has 0 bridgehead atoms. The zero-order valence-electron chi connectivity index (χ0n) is 16.6. The number of aromatic hydroxyl groups is 1. The van der Waals surface area contributed by atoms with Crippen LogP contribution in [0.2, 0.25) is 0 Å². The van der Waals surface area contributed by atoms with Crippen LogP contribution in [0.3, 0.4) is 0 Å². The third kappa shape index (κ3) is 3.85. The van der Waals surface area contributed by atoms with Gasteiger partial charge in [0, 0.05) is 17.3 Å². The molecule has 0 aliphatic rings. The minimum atomic E-state index is 0.0812. The lowest BCUT2D eigenvalue weighted by Gasteiger charge is -2.07. The van der Waals surface area contributed by atoms with Crippen LogP contribution in [0.15, 0.2) is 64.0 Å². The number of aryl methyl sites for hydroxylation is 2. The first-order valence-electron chi connectivity index (χ1n) is 9.52. The summed E-state index contributed by atoms with van der Waals surface area (Å²) in [7, 11) is 0. The van der Waals surface area contributed by atoms with E-state index in [1.54, 1.807) is 18.3 Å². The van der Waals surface area contributed by atoms with Crippen molar-refractivity contribution in [3.05, 3.63) is 71.3 Å². The van der Waals surface area contributed by atoms with E-state index in [1.165, 1.54) is 5.56 Å². The Labute approximate surface area is 169 Å². The Hall–Kier alpha value is -3.60. The maximum absolute atomic E-state index is 10.3. The summed E-state index contributed by atoms with van der Waals surface area (Å²) in [5, 5.41) is 10.3. The number of rotatable bonds is 5. The second kappa shape index (κ2) is 7.80. The van der Waals surface area contributed by atoms with Gasteiger partial charge in [0.25, 0.3) is 0 Å². The minimum absolute atomic E-state index is 0.0812. The Balaban J connectivity index is 1.65. The van der Waals surface area contributed by atoms with Crippen molar-refractivity contribution >= 4 is 23.0 Å². The van der Waals surface area contributed by atoms with Gasteiger partial charge >= 0.3 is 0 Å². The summed E-state index contributed by atoms with van der Waals surface area (Å²) in [6.07, 6.45) is 1.62. The van der Waals surface area contributed by atoms with Crippen molar-refractivity contribution in [2.45, 2.75) is 20.8 Å². The number of aliphatic imine (C=N–C) groups is 1. The Morgan fingerprint density at radius 3 is 2.76 bits per heavy atom. The van der Waals surface area contributed by atoms with Crippen LogP contribution < -0.4 is 4.74 Å². The molecule has 0 saturated carbocycles. The van der Waals surface area contributed by atoms with Crippen LogP contribution in [0.5, 0.6) is 11.5 Å². The molecule has 0 aliphatic carbocycles. The number of para-hydroxylation sites is 1. The molecule has 0 radical (unpaired) electrons. The summed E-state index contributed by atoms with van der Waals surface area (Å²) in [5.41, 5.74) is 6.07. The SMILES string of the molecule is CCOc1cccc(C=Nc2ccc3oc(-c4ccc(C)cc4C)nc3c2)c1O. The minimum Gasteiger partial charge on any atom is -0.504 e. The molecule has 0 amide bonds. The van der Waals surface area contributed by atoms with Crippen molar-refractivity contribution in [3.63, 3.8) is 0 Å². The summed E-state index contributed by atoms with van der Waals surface area (Å²) >= 11 is 0. The monoisotopic (exact) mass is 386 g/mol. The van der Waals surface area contributed by atoms with E-state index >= 15 is 0 Å². The van der Waals surface area contributed by atoms with Crippen LogP contribution in [-0.4, -0.2) is 22.9 Å². The fourth-order valence-electron chi connectivity index (χ4n) is 3.22. The van der Waals surface area contributed by atoms with Gasteiger partial charge in [0.1, 0.15) is 5.52 Å². The van der Waals surface area contributed by atoms with Gasteiger partial charge in [-0.3, -0.25) is 4.99 Å². The molecular formula is C24H22N2O3. The fourth-order valence-corrected chi connectivity index (χ4v) is 3.22. The molecule has 4 rings (SSSR count). The number of phenolic OH excluding ortho intramolecular Hbond substituents is 1. The molecule has 4 aromatic rings. The lowest BCUT2D eigenvalue weighted by atomic mass is 10.1. The summed E-state index contributed by atoms with van der Waals surface area (Å²) in [4.78, 5) is 9.11. The van der Waals surface area contributed by atoms with Crippen LogP contribution in [-0.2, 0) is 0 Å². The molecule has 3 aromatic carbocycles. The highest BCUT2D eigenvalue weighted by Crippen LogP contribution is 2.31. The number of hydrogen-bond acceptors (Lipinski definition) is 5. The number of fused-ring (bicyclic) bond motifs is 1. The Morgan fingerprint density at radius 2 is 1.97 bits per heavy atom. The topological polar surface area (TPSA) is 67.9 Å². The van der Waals surface area contributed by atoms with Crippen LogP contribution in [0, 0.1) is 13.8 Å². The first kappa shape index (κ1) is 18.7. The Kier molecular flexibility index (Phi) is 5.04. The molecular weight excluding hydrogens is 364 g/mol. The van der Waals surface area contributed by atoms with E-state index in [0.29, 0.717) is 29.4 Å². The van der Waals surface area contributed by atoms with Gasteiger partial charge in [-0.2, -0.15) is 0 Å².